The van der Waals surface area contributed by atoms with Crippen LogP contribution in [0.15, 0.2) is 42.6 Å². The zero-order valence-corrected chi connectivity index (χ0v) is 12.3. The first-order chi connectivity index (χ1) is 9.72. The average Bonchev–Trinajstić information content (AvgIpc) is 2.45. The van der Waals surface area contributed by atoms with Crippen molar-refractivity contribution in [1.82, 2.24) is 10.3 Å². The molecule has 1 unspecified atom stereocenters. The van der Waals surface area contributed by atoms with Crippen LogP contribution < -0.4 is 11.1 Å². The highest BCUT2D eigenvalue weighted by Crippen LogP contribution is 2.26. The number of rotatable bonds is 6. The van der Waals surface area contributed by atoms with Crippen molar-refractivity contribution in [3.8, 4) is 0 Å². The molecule has 0 aliphatic carbocycles. The van der Waals surface area contributed by atoms with Crippen molar-refractivity contribution in [3.05, 3.63) is 59.3 Å². The molecule has 106 valence electrons. The maximum Gasteiger partial charge on any atom is 0.128 e. The summed E-state index contributed by atoms with van der Waals surface area (Å²) in [5, 5.41) is 3.53. The van der Waals surface area contributed by atoms with E-state index in [2.05, 4.69) is 54.5 Å². The molecule has 1 atom stereocenters. The number of aromatic nitrogens is 1. The highest BCUT2D eigenvalue weighted by atomic mass is 14.9. The summed E-state index contributed by atoms with van der Waals surface area (Å²) < 4.78 is 0. The molecule has 2 rings (SSSR count). The number of hydrogen-bond acceptors (Lipinski definition) is 3. The molecule has 1 aromatic carbocycles. The van der Waals surface area contributed by atoms with Crippen molar-refractivity contribution in [3.63, 3.8) is 0 Å². The SMILES string of the molecule is CCNC(CCc1ccccc1)c1c(C)ccnc1N. The van der Waals surface area contributed by atoms with Gasteiger partial charge >= 0.3 is 0 Å². The van der Waals surface area contributed by atoms with E-state index in [-0.39, 0.29) is 6.04 Å². The standard InChI is InChI=1S/C17H23N3/c1-3-19-15(10-9-14-7-5-4-6-8-14)16-13(2)11-12-20-17(16)18/h4-8,11-12,15,19H,3,9-10H2,1-2H3,(H2,18,20). The highest BCUT2D eigenvalue weighted by Gasteiger charge is 2.16. The molecule has 0 saturated heterocycles. The van der Waals surface area contributed by atoms with Crippen molar-refractivity contribution < 1.29 is 0 Å². The summed E-state index contributed by atoms with van der Waals surface area (Å²) in [6.07, 6.45) is 3.83. The van der Waals surface area contributed by atoms with E-state index in [1.807, 2.05) is 6.07 Å². The van der Waals surface area contributed by atoms with Gasteiger partial charge in [-0.2, -0.15) is 0 Å². The van der Waals surface area contributed by atoms with Crippen LogP contribution >= 0.6 is 0 Å². The van der Waals surface area contributed by atoms with E-state index in [4.69, 9.17) is 5.73 Å². The molecule has 0 aliphatic rings. The van der Waals surface area contributed by atoms with Gasteiger partial charge < -0.3 is 11.1 Å². The van der Waals surface area contributed by atoms with Crippen LogP contribution in [0.4, 0.5) is 5.82 Å². The van der Waals surface area contributed by atoms with Crippen LogP contribution in [-0.2, 0) is 6.42 Å². The van der Waals surface area contributed by atoms with Gasteiger partial charge in [0.15, 0.2) is 0 Å². The van der Waals surface area contributed by atoms with Gasteiger partial charge in [-0.15, -0.1) is 0 Å². The molecule has 20 heavy (non-hydrogen) atoms. The van der Waals surface area contributed by atoms with E-state index in [0.717, 1.165) is 24.9 Å². The zero-order valence-electron chi connectivity index (χ0n) is 12.3. The van der Waals surface area contributed by atoms with Crippen LogP contribution in [0.2, 0.25) is 0 Å². The summed E-state index contributed by atoms with van der Waals surface area (Å²) in [7, 11) is 0. The Kier molecular flexibility index (Phi) is 5.13. The van der Waals surface area contributed by atoms with Crippen molar-refractivity contribution in [2.24, 2.45) is 0 Å². The lowest BCUT2D eigenvalue weighted by Gasteiger charge is -2.21. The number of benzene rings is 1. The normalized spacial score (nSPS) is 12.3. The second-order valence-corrected chi connectivity index (χ2v) is 5.06. The number of nitrogens with zero attached hydrogens (tertiary/aromatic N) is 1. The number of anilines is 1. The zero-order chi connectivity index (χ0) is 14.4. The van der Waals surface area contributed by atoms with Crippen LogP contribution in [0.1, 0.15) is 36.1 Å². The molecule has 1 heterocycles. The minimum Gasteiger partial charge on any atom is -0.383 e. The summed E-state index contributed by atoms with van der Waals surface area (Å²) in [5.74, 6) is 0.643. The topological polar surface area (TPSA) is 50.9 Å². The molecule has 0 saturated carbocycles. The Morgan fingerprint density at radius 2 is 1.95 bits per heavy atom. The Morgan fingerprint density at radius 3 is 2.60 bits per heavy atom. The Labute approximate surface area is 121 Å². The summed E-state index contributed by atoms with van der Waals surface area (Å²) in [6.45, 7) is 5.14. The molecular formula is C17H23N3. The molecule has 0 spiro atoms. The molecule has 0 aliphatic heterocycles. The van der Waals surface area contributed by atoms with E-state index < -0.39 is 0 Å². The first-order valence-corrected chi connectivity index (χ1v) is 7.20. The smallest absolute Gasteiger partial charge is 0.128 e. The second kappa shape index (κ2) is 7.06. The Hall–Kier alpha value is -1.87. The fraction of sp³-hybridized carbons (Fsp3) is 0.353. The quantitative estimate of drug-likeness (QED) is 0.846. The van der Waals surface area contributed by atoms with Crippen molar-refractivity contribution in [2.45, 2.75) is 32.7 Å². The minimum atomic E-state index is 0.258. The summed E-state index contributed by atoms with van der Waals surface area (Å²) in [5.41, 5.74) is 9.78. The first-order valence-electron chi connectivity index (χ1n) is 7.20. The van der Waals surface area contributed by atoms with Crippen molar-refractivity contribution in [2.75, 3.05) is 12.3 Å². The predicted molar refractivity (Wildman–Crippen MR) is 84.6 cm³/mol. The summed E-state index contributed by atoms with van der Waals surface area (Å²) in [4.78, 5) is 4.24. The largest absolute Gasteiger partial charge is 0.383 e. The van der Waals surface area contributed by atoms with Gasteiger partial charge in [0.1, 0.15) is 5.82 Å². The van der Waals surface area contributed by atoms with Crippen LogP contribution in [0.3, 0.4) is 0 Å². The summed E-state index contributed by atoms with van der Waals surface area (Å²) in [6, 6.07) is 12.8. The molecule has 0 fully saturated rings. The lowest BCUT2D eigenvalue weighted by molar-refractivity contribution is 0.513. The highest BCUT2D eigenvalue weighted by molar-refractivity contribution is 5.46. The fourth-order valence-corrected chi connectivity index (χ4v) is 2.59. The van der Waals surface area contributed by atoms with Gasteiger partial charge in [0, 0.05) is 17.8 Å². The van der Waals surface area contributed by atoms with Gasteiger partial charge in [-0.3, -0.25) is 0 Å². The van der Waals surface area contributed by atoms with Crippen molar-refractivity contribution in [1.29, 1.82) is 0 Å². The van der Waals surface area contributed by atoms with E-state index in [1.165, 1.54) is 11.1 Å². The lowest BCUT2D eigenvalue weighted by atomic mass is 9.96. The van der Waals surface area contributed by atoms with E-state index in [0.29, 0.717) is 5.82 Å². The maximum absolute atomic E-state index is 6.07. The molecule has 3 heteroatoms. The van der Waals surface area contributed by atoms with E-state index in [9.17, 15) is 0 Å². The molecule has 0 amide bonds. The van der Waals surface area contributed by atoms with E-state index in [1.54, 1.807) is 6.20 Å². The van der Waals surface area contributed by atoms with Gasteiger partial charge in [-0.1, -0.05) is 37.3 Å². The number of hydrogen-bond donors (Lipinski definition) is 2. The van der Waals surface area contributed by atoms with Gasteiger partial charge in [0.05, 0.1) is 0 Å². The maximum atomic E-state index is 6.07. The Bertz CT molecular complexity index is 517. The Morgan fingerprint density at radius 1 is 1.20 bits per heavy atom. The second-order valence-electron chi connectivity index (χ2n) is 5.06. The number of pyridine rings is 1. The van der Waals surface area contributed by atoms with Crippen molar-refractivity contribution >= 4 is 5.82 Å². The van der Waals surface area contributed by atoms with Gasteiger partial charge in [0.2, 0.25) is 0 Å². The number of nitrogen functional groups attached to an aromatic ring is 1. The van der Waals surface area contributed by atoms with Gasteiger partial charge in [-0.25, -0.2) is 4.98 Å². The van der Waals surface area contributed by atoms with Crippen LogP contribution in [0, 0.1) is 6.92 Å². The lowest BCUT2D eigenvalue weighted by Crippen LogP contribution is -2.23. The molecule has 0 radical (unpaired) electrons. The molecule has 3 N–H and O–H groups in total. The molecule has 3 nitrogen and oxygen atoms in total. The van der Waals surface area contributed by atoms with Crippen LogP contribution in [0.5, 0.6) is 0 Å². The predicted octanol–water partition coefficient (Wildman–Crippen LogP) is 3.26. The van der Waals surface area contributed by atoms with Crippen LogP contribution in [-0.4, -0.2) is 11.5 Å². The third kappa shape index (κ3) is 3.58. The average molecular weight is 269 g/mol. The third-order valence-corrected chi connectivity index (χ3v) is 3.60. The van der Waals surface area contributed by atoms with Gasteiger partial charge in [-0.05, 0) is 43.5 Å². The summed E-state index contributed by atoms with van der Waals surface area (Å²) >= 11 is 0. The number of aryl methyl sites for hydroxylation is 2. The van der Waals surface area contributed by atoms with E-state index >= 15 is 0 Å². The number of nitrogens with one attached hydrogen (secondary N) is 1. The fourth-order valence-electron chi connectivity index (χ4n) is 2.59. The molecule has 2 aromatic rings. The monoisotopic (exact) mass is 269 g/mol. The molecule has 0 bridgehead atoms. The van der Waals surface area contributed by atoms with Gasteiger partial charge in [0.25, 0.3) is 0 Å². The Balaban J connectivity index is 2.15. The third-order valence-electron chi connectivity index (χ3n) is 3.60. The van der Waals surface area contributed by atoms with Crippen LogP contribution in [0.25, 0.3) is 0 Å². The molecular weight excluding hydrogens is 246 g/mol. The minimum absolute atomic E-state index is 0.258. The molecule has 1 aromatic heterocycles. The number of nitrogens with two attached hydrogens (primary N) is 1. The first kappa shape index (κ1) is 14.5.